The van der Waals surface area contributed by atoms with E-state index in [0.29, 0.717) is 5.58 Å². The quantitative estimate of drug-likeness (QED) is 0.608. The molecule has 0 fully saturated rings. The number of para-hydroxylation sites is 1. The number of alkyl halides is 1. The second-order valence-electron chi connectivity index (χ2n) is 3.03. The molecule has 1 aromatic carbocycles. The van der Waals surface area contributed by atoms with E-state index in [1.165, 1.54) is 0 Å². The van der Waals surface area contributed by atoms with Gasteiger partial charge in [-0.2, -0.15) is 0 Å². The van der Waals surface area contributed by atoms with Gasteiger partial charge in [0.1, 0.15) is 5.58 Å². The average Bonchev–Trinajstić information content (AvgIpc) is 2.18. The predicted molar refractivity (Wildman–Crippen MR) is 60.0 cm³/mol. The van der Waals surface area contributed by atoms with Crippen LogP contribution >= 0.6 is 15.9 Å². The number of benzene rings is 1. The smallest absolute Gasteiger partial charge is 0.336 e. The number of hydrogen-bond acceptors (Lipinski definition) is 2. The summed E-state index contributed by atoms with van der Waals surface area (Å²) in [7, 11) is 0. The molecule has 14 heavy (non-hydrogen) atoms. The summed E-state index contributed by atoms with van der Waals surface area (Å²) in [6.07, 6.45) is 0.839. The van der Waals surface area contributed by atoms with Crippen LogP contribution in [0.1, 0.15) is 5.56 Å². The van der Waals surface area contributed by atoms with E-state index in [9.17, 15) is 4.79 Å². The molecule has 1 heterocycles. The Morgan fingerprint density at radius 2 is 2.07 bits per heavy atom. The number of fused-ring (bicyclic) bond motifs is 1. The first-order chi connectivity index (χ1) is 6.81. The summed E-state index contributed by atoms with van der Waals surface area (Å²) in [5, 5.41) is 1.87. The second kappa shape index (κ2) is 3.96. The Labute approximate surface area is 89.7 Å². The Balaban J connectivity index is 2.73. The van der Waals surface area contributed by atoms with Crippen molar-refractivity contribution >= 4 is 26.9 Å². The maximum absolute atomic E-state index is 11.2. The summed E-state index contributed by atoms with van der Waals surface area (Å²) in [5.74, 6) is 0. The highest BCUT2D eigenvalue weighted by Crippen LogP contribution is 2.17. The van der Waals surface area contributed by atoms with Gasteiger partial charge in [-0.25, -0.2) is 4.79 Å². The third-order valence-electron chi connectivity index (χ3n) is 2.10. The van der Waals surface area contributed by atoms with Crippen LogP contribution in [0, 0.1) is 0 Å². The zero-order valence-electron chi connectivity index (χ0n) is 7.50. The van der Waals surface area contributed by atoms with Crippen molar-refractivity contribution in [1.82, 2.24) is 0 Å². The Morgan fingerprint density at radius 3 is 2.86 bits per heavy atom. The normalized spacial score (nSPS) is 10.6. The maximum atomic E-state index is 11.2. The first-order valence-corrected chi connectivity index (χ1v) is 5.51. The first-order valence-electron chi connectivity index (χ1n) is 4.39. The predicted octanol–water partition coefficient (Wildman–Crippen LogP) is 2.73. The molecule has 0 unspecified atom stereocenters. The van der Waals surface area contributed by atoms with Crippen LogP contribution in [0.25, 0.3) is 11.0 Å². The van der Waals surface area contributed by atoms with Crippen molar-refractivity contribution in [3.05, 3.63) is 46.3 Å². The van der Waals surface area contributed by atoms with Crippen LogP contribution in [0.3, 0.4) is 0 Å². The molecular formula is C11H9BrO2. The molecule has 0 aliphatic rings. The molecule has 72 valence electrons. The Kier molecular flexibility index (Phi) is 2.68. The molecule has 0 saturated carbocycles. The molecule has 0 aliphatic heterocycles. The minimum Gasteiger partial charge on any atom is -0.423 e. The van der Waals surface area contributed by atoms with Crippen LogP contribution < -0.4 is 5.63 Å². The van der Waals surface area contributed by atoms with E-state index >= 15 is 0 Å². The van der Waals surface area contributed by atoms with Crippen molar-refractivity contribution in [3.8, 4) is 0 Å². The van der Waals surface area contributed by atoms with Crippen molar-refractivity contribution in [2.24, 2.45) is 0 Å². The molecule has 0 atom stereocenters. The first kappa shape index (κ1) is 9.46. The van der Waals surface area contributed by atoms with E-state index in [-0.39, 0.29) is 5.63 Å². The molecule has 2 rings (SSSR count). The third kappa shape index (κ3) is 1.73. The Hall–Kier alpha value is -1.09. The standard InChI is InChI=1S/C11H9BrO2/c12-6-5-8-7-11(13)14-10-4-2-1-3-9(8)10/h1-4,7H,5-6H2. The van der Waals surface area contributed by atoms with Crippen LogP contribution in [0.5, 0.6) is 0 Å². The molecule has 0 saturated heterocycles. The highest BCUT2D eigenvalue weighted by atomic mass is 79.9. The topological polar surface area (TPSA) is 30.2 Å². The lowest BCUT2D eigenvalue weighted by Crippen LogP contribution is -2.00. The van der Waals surface area contributed by atoms with Gasteiger partial charge in [0.15, 0.2) is 0 Å². The van der Waals surface area contributed by atoms with Gasteiger partial charge in [-0.1, -0.05) is 34.1 Å². The highest BCUT2D eigenvalue weighted by molar-refractivity contribution is 9.09. The van der Waals surface area contributed by atoms with Gasteiger partial charge in [0, 0.05) is 16.8 Å². The molecular weight excluding hydrogens is 244 g/mol. The third-order valence-corrected chi connectivity index (χ3v) is 2.50. The van der Waals surface area contributed by atoms with Crippen molar-refractivity contribution in [2.75, 3.05) is 5.33 Å². The largest absolute Gasteiger partial charge is 0.423 e. The zero-order valence-corrected chi connectivity index (χ0v) is 9.08. The lowest BCUT2D eigenvalue weighted by molar-refractivity contribution is 0.559. The Morgan fingerprint density at radius 1 is 1.29 bits per heavy atom. The van der Waals surface area contributed by atoms with Gasteiger partial charge in [-0.15, -0.1) is 0 Å². The van der Waals surface area contributed by atoms with E-state index in [1.807, 2.05) is 24.3 Å². The van der Waals surface area contributed by atoms with E-state index in [4.69, 9.17) is 4.42 Å². The molecule has 2 aromatic rings. The molecule has 0 spiro atoms. The summed E-state index contributed by atoms with van der Waals surface area (Å²) in [6, 6.07) is 9.15. The maximum Gasteiger partial charge on any atom is 0.336 e. The van der Waals surface area contributed by atoms with E-state index in [0.717, 1.165) is 22.7 Å². The van der Waals surface area contributed by atoms with E-state index in [2.05, 4.69) is 15.9 Å². The average molecular weight is 253 g/mol. The van der Waals surface area contributed by atoms with Gasteiger partial charge in [-0.05, 0) is 18.1 Å². The van der Waals surface area contributed by atoms with Gasteiger partial charge in [0.2, 0.25) is 0 Å². The Bertz CT molecular complexity index is 502. The fourth-order valence-corrected chi connectivity index (χ4v) is 1.91. The molecule has 2 nitrogen and oxygen atoms in total. The monoisotopic (exact) mass is 252 g/mol. The molecule has 1 aromatic heterocycles. The van der Waals surface area contributed by atoms with Gasteiger partial charge in [0.25, 0.3) is 0 Å². The van der Waals surface area contributed by atoms with Gasteiger partial charge < -0.3 is 4.42 Å². The van der Waals surface area contributed by atoms with Crippen molar-refractivity contribution in [3.63, 3.8) is 0 Å². The summed E-state index contributed by atoms with van der Waals surface area (Å²) in [4.78, 5) is 11.2. The molecule has 0 radical (unpaired) electrons. The second-order valence-corrected chi connectivity index (χ2v) is 3.82. The van der Waals surface area contributed by atoms with E-state index in [1.54, 1.807) is 6.07 Å². The minimum atomic E-state index is -0.278. The lowest BCUT2D eigenvalue weighted by atomic mass is 10.1. The number of halogens is 1. The van der Waals surface area contributed by atoms with Crippen LogP contribution in [0.15, 0.2) is 39.5 Å². The van der Waals surface area contributed by atoms with Crippen molar-refractivity contribution in [1.29, 1.82) is 0 Å². The van der Waals surface area contributed by atoms with Crippen LogP contribution in [0.2, 0.25) is 0 Å². The number of hydrogen-bond donors (Lipinski definition) is 0. The summed E-state index contributed by atoms with van der Waals surface area (Å²) >= 11 is 3.36. The molecule has 0 aliphatic carbocycles. The summed E-state index contributed by atoms with van der Waals surface area (Å²) in [6.45, 7) is 0. The molecule has 0 amide bonds. The number of aryl methyl sites for hydroxylation is 1. The summed E-state index contributed by atoms with van der Waals surface area (Å²) < 4.78 is 5.08. The zero-order chi connectivity index (χ0) is 9.97. The van der Waals surface area contributed by atoms with Crippen molar-refractivity contribution < 1.29 is 4.42 Å². The highest BCUT2D eigenvalue weighted by Gasteiger charge is 2.03. The summed E-state index contributed by atoms with van der Waals surface area (Å²) in [5.41, 5.74) is 1.42. The minimum absolute atomic E-state index is 0.278. The number of rotatable bonds is 2. The molecule has 0 bridgehead atoms. The van der Waals surface area contributed by atoms with Gasteiger partial charge in [-0.3, -0.25) is 0 Å². The lowest BCUT2D eigenvalue weighted by Gasteiger charge is -2.01. The van der Waals surface area contributed by atoms with Gasteiger partial charge >= 0.3 is 5.63 Å². The fourth-order valence-electron chi connectivity index (χ4n) is 1.49. The van der Waals surface area contributed by atoms with Gasteiger partial charge in [0.05, 0.1) is 0 Å². The molecule has 0 N–H and O–H groups in total. The molecule has 3 heteroatoms. The van der Waals surface area contributed by atoms with Crippen LogP contribution in [0.4, 0.5) is 0 Å². The SMILES string of the molecule is O=c1cc(CCBr)c2ccccc2o1. The van der Waals surface area contributed by atoms with Crippen LogP contribution in [-0.2, 0) is 6.42 Å². The van der Waals surface area contributed by atoms with E-state index < -0.39 is 0 Å². The van der Waals surface area contributed by atoms with Crippen LogP contribution in [-0.4, -0.2) is 5.33 Å². The van der Waals surface area contributed by atoms with Crippen molar-refractivity contribution in [2.45, 2.75) is 6.42 Å². The fraction of sp³-hybridized carbons (Fsp3) is 0.182.